The number of aromatic amines is 1. The van der Waals surface area contributed by atoms with Crippen LogP contribution in [0.2, 0.25) is 0 Å². The molecule has 0 aromatic carbocycles. The first-order valence-corrected chi connectivity index (χ1v) is 6.41. The Kier molecular flexibility index (Phi) is 3.52. The van der Waals surface area contributed by atoms with E-state index in [0.29, 0.717) is 6.61 Å². The molecule has 100 valence electrons. The maximum atomic E-state index is 5.78. The largest absolute Gasteiger partial charge is 0.369 e. The fourth-order valence-electron chi connectivity index (χ4n) is 2.21. The van der Waals surface area contributed by atoms with Gasteiger partial charge in [-0.1, -0.05) is 0 Å². The van der Waals surface area contributed by atoms with Crippen molar-refractivity contribution in [1.29, 1.82) is 0 Å². The molecule has 6 heteroatoms. The zero-order valence-electron chi connectivity index (χ0n) is 10.9. The van der Waals surface area contributed by atoms with Gasteiger partial charge in [0, 0.05) is 37.7 Å². The predicted molar refractivity (Wildman–Crippen MR) is 69.3 cm³/mol. The quantitative estimate of drug-likeness (QED) is 0.893. The highest BCUT2D eigenvalue weighted by Crippen LogP contribution is 2.20. The summed E-state index contributed by atoms with van der Waals surface area (Å²) in [7, 11) is 0. The summed E-state index contributed by atoms with van der Waals surface area (Å²) < 4.78 is 5.78. The van der Waals surface area contributed by atoms with Gasteiger partial charge in [-0.25, -0.2) is 4.98 Å². The van der Waals surface area contributed by atoms with Crippen LogP contribution >= 0.6 is 0 Å². The molecule has 1 atom stereocenters. The molecule has 1 aliphatic heterocycles. The van der Waals surface area contributed by atoms with Crippen LogP contribution < -0.4 is 0 Å². The van der Waals surface area contributed by atoms with Gasteiger partial charge in [-0.2, -0.15) is 0 Å². The lowest BCUT2D eigenvalue weighted by Crippen LogP contribution is -2.38. The summed E-state index contributed by atoms with van der Waals surface area (Å²) in [6, 6.07) is 0. The van der Waals surface area contributed by atoms with E-state index >= 15 is 0 Å². The number of H-pyrrole nitrogens is 1. The minimum atomic E-state index is 0.00442. The van der Waals surface area contributed by atoms with Crippen LogP contribution in [-0.4, -0.2) is 44.5 Å². The van der Waals surface area contributed by atoms with Crippen LogP contribution in [0, 0.1) is 6.92 Å². The van der Waals surface area contributed by atoms with Gasteiger partial charge in [-0.3, -0.25) is 14.9 Å². The third-order valence-corrected chi connectivity index (χ3v) is 3.23. The Balaban J connectivity index is 1.66. The van der Waals surface area contributed by atoms with Crippen molar-refractivity contribution in [1.82, 2.24) is 24.8 Å². The fourth-order valence-corrected chi connectivity index (χ4v) is 2.21. The average molecular weight is 259 g/mol. The van der Waals surface area contributed by atoms with Crippen molar-refractivity contribution in [3.05, 3.63) is 42.0 Å². The van der Waals surface area contributed by atoms with Crippen LogP contribution in [0.3, 0.4) is 0 Å². The second-order valence-corrected chi connectivity index (χ2v) is 4.75. The first kappa shape index (κ1) is 12.3. The van der Waals surface area contributed by atoms with Gasteiger partial charge in [-0.15, -0.1) is 0 Å². The highest BCUT2D eigenvalue weighted by molar-refractivity contribution is 5.06. The number of hydrogen-bond acceptors (Lipinski definition) is 5. The standard InChI is InChI=1S/C13H17N5O/c1-10-4-16-12(6-15-10)13-8-18(2-3-19-13)7-11-5-14-9-17-11/h4-6,9,13H,2-3,7-8H2,1H3,(H,14,17)/t13-/m1/s1. The Morgan fingerprint density at radius 2 is 2.32 bits per heavy atom. The summed E-state index contributed by atoms with van der Waals surface area (Å²) >= 11 is 0. The smallest absolute Gasteiger partial charge is 0.114 e. The minimum absolute atomic E-state index is 0.00442. The summed E-state index contributed by atoms with van der Waals surface area (Å²) in [6.45, 7) is 5.27. The normalized spacial score (nSPS) is 20.6. The Morgan fingerprint density at radius 1 is 1.37 bits per heavy atom. The summed E-state index contributed by atoms with van der Waals surface area (Å²) in [5, 5.41) is 0. The van der Waals surface area contributed by atoms with Crippen LogP contribution in [0.25, 0.3) is 0 Å². The molecule has 0 unspecified atom stereocenters. The van der Waals surface area contributed by atoms with Crippen molar-refractivity contribution in [2.24, 2.45) is 0 Å². The molecular weight excluding hydrogens is 242 g/mol. The number of hydrogen-bond donors (Lipinski definition) is 1. The van der Waals surface area contributed by atoms with Crippen LogP contribution in [-0.2, 0) is 11.3 Å². The van der Waals surface area contributed by atoms with Crippen molar-refractivity contribution in [2.75, 3.05) is 19.7 Å². The molecule has 1 N–H and O–H groups in total. The van der Waals surface area contributed by atoms with E-state index in [4.69, 9.17) is 4.74 Å². The lowest BCUT2D eigenvalue weighted by Gasteiger charge is -2.32. The molecule has 0 radical (unpaired) electrons. The Bertz CT molecular complexity index is 510. The molecule has 0 spiro atoms. The number of ether oxygens (including phenoxy) is 1. The van der Waals surface area contributed by atoms with E-state index in [9.17, 15) is 0 Å². The average Bonchev–Trinajstić information content (AvgIpc) is 2.93. The van der Waals surface area contributed by atoms with E-state index in [2.05, 4.69) is 24.8 Å². The maximum Gasteiger partial charge on any atom is 0.114 e. The zero-order chi connectivity index (χ0) is 13.1. The number of morpholine rings is 1. The van der Waals surface area contributed by atoms with Crippen molar-refractivity contribution < 1.29 is 4.74 Å². The van der Waals surface area contributed by atoms with Gasteiger partial charge in [0.25, 0.3) is 0 Å². The lowest BCUT2D eigenvalue weighted by atomic mass is 10.2. The molecule has 6 nitrogen and oxygen atoms in total. The van der Waals surface area contributed by atoms with E-state index in [1.54, 1.807) is 18.7 Å². The number of rotatable bonds is 3. The van der Waals surface area contributed by atoms with Gasteiger partial charge in [0.1, 0.15) is 6.10 Å². The molecule has 1 fully saturated rings. The molecule has 19 heavy (non-hydrogen) atoms. The van der Waals surface area contributed by atoms with E-state index in [1.165, 1.54) is 0 Å². The molecule has 3 rings (SSSR count). The van der Waals surface area contributed by atoms with Crippen LogP contribution in [0.1, 0.15) is 23.2 Å². The Morgan fingerprint density at radius 3 is 3.05 bits per heavy atom. The molecule has 0 amide bonds. The molecule has 3 heterocycles. The molecule has 0 bridgehead atoms. The van der Waals surface area contributed by atoms with Crippen LogP contribution in [0.15, 0.2) is 24.9 Å². The third kappa shape index (κ3) is 2.97. The van der Waals surface area contributed by atoms with Gasteiger partial charge in [0.05, 0.1) is 30.5 Å². The first-order valence-electron chi connectivity index (χ1n) is 6.41. The maximum absolute atomic E-state index is 5.78. The molecule has 2 aromatic heterocycles. The summed E-state index contributed by atoms with van der Waals surface area (Å²) in [4.78, 5) is 18.2. The summed E-state index contributed by atoms with van der Waals surface area (Å²) in [5.41, 5.74) is 2.95. The van der Waals surface area contributed by atoms with Crippen molar-refractivity contribution >= 4 is 0 Å². The van der Waals surface area contributed by atoms with Crippen LogP contribution in [0.4, 0.5) is 0 Å². The van der Waals surface area contributed by atoms with Crippen molar-refractivity contribution in [3.63, 3.8) is 0 Å². The first-order chi connectivity index (χ1) is 9.31. The highest BCUT2D eigenvalue weighted by Gasteiger charge is 2.23. The van der Waals surface area contributed by atoms with Gasteiger partial charge in [0.2, 0.25) is 0 Å². The molecule has 2 aromatic rings. The molecular formula is C13H17N5O. The molecule has 1 saturated heterocycles. The molecule has 1 aliphatic rings. The van der Waals surface area contributed by atoms with Crippen molar-refractivity contribution in [2.45, 2.75) is 19.6 Å². The SMILES string of the molecule is Cc1cnc([C@H]2CN(Cc3cnc[nH]3)CCO2)cn1. The zero-order valence-corrected chi connectivity index (χ0v) is 10.9. The van der Waals surface area contributed by atoms with Gasteiger partial charge >= 0.3 is 0 Å². The van der Waals surface area contributed by atoms with E-state index < -0.39 is 0 Å². The van der Waals surface area contributed by atoms with E-state index in [0.717, 1.165) is 36.7 Å². The minimum Gasteiger partial charge on any atom is -0.369 e. The second-order valence-electron chi connectivity index (χ2n) is 4.75. The van der Waals surface area contributed by atoms with Gasteiger partial charge in [-0.05, 0) is 6.92 Å². The van der Waals surface area contributed by atoms with Gasteiger partial charge < -0.3 is 9.72 Å². The number of aryl methyl sites for hydroxylation is 1. The topological polar surface area (TPSA) is 66.9 Å². The predicted octanol–water partition coefficient (Wildman–Crippen LogP) is 1.08. The van der Waals surface area contributed by atoms with E-state index in [-0.39, 0.29) is 6.10 Å². The number of imidazole rings is 1. The molecule has 0 aliphatic carbocycles. The highest BCUT2D eigenvalue weighted by atomic mass is 16.5. The Labute approximate surface area is 111 Å². The van der Waals surface area contributed by atoms with Crippen LogP contribution in [0.5, 0.6) is 0 Å². The monoisotopic (exact) mass is 259 g/mol. The summed E-state index contributed by atoms with van der Waals surface area (Å²) in [5.74, 6) is 0. The molecule has 0 saturated carbocycles. The summed E-state index contributed by atoms with van der Waals surface area (Å²) in [6.07, 6.45) is 7.16. The van der Waals surface area contributed by atoms with Gasteiger partial charge in [0.15, 0.2) is 0 Å². The number of aromatic nitrogens is 4. The lowest BCUT2D eigenvalue weighted by molar-refractivity contribution is -0.0355. The van der Waals surface area contributed by atoms with E-state index in [1.807, 2.05) is 13.1 Å². The van der Waals surface area contributed by atoms with Crippen molar-refractivity contribution in [3.8, 4) is 0 Å². The fraction of sp³-hybridized carbons (Fsp3) is 0.462. The third-order valence-electron chi connectivity index (χ3n) is 3.23. The second kappa shape index (κ2) is 5.46. The number of nitrogens with one attached hydrogen (secondary N) is 1. The Hall–Kier alpha value is -1.79. The number of nitrogens with zero attached hydrogens (tertiary/aromatic N) is 4.